The number of hydrogen-bond donors (Lipinski definition) is 3. The van der Waals surface area contributed by atoms with Crippen molar-refractivity contribution in [1.29, 1.82) is 0 Å². The van der Waals surface area contributed by atoms with Crippen LogP contribution in [0.15, 0.2) is 220 Å². The maximum Gasteiger partial charge on any atom is 0.303 e. The average molecular weight is 1340 g/mol. The van der Waals surface area contributed by atoms with E-state index in [1.54, 1.807) is 25.0 Å². The highest BCUT2D eigenvalue weighted by Crippen LogP contribution is 2.31. The summed E-state index contributed by atoms with van der Waals surface area (Å²) in [5.41, 5.74) is 10.8. The topological polar surface area (TPSA) is 258 Å². The molecular weight excluding hydrogens is 1250 g/mol. The molecule has 0 bridgehead atoms. The SMILES string of the molecule is Cc1cn(Cc2ccccc2OCCCCCC(=O)O)c(-c2ccc(-c3ccco3)cc2)n1.Cc1cn(Cc2ccccc2OCCCCCC(=O)O)c(-c2ccc(-c3ccco3)cn2)n1.Cc1nnc(-c2ccc(-c3ccco3)cc2)n1Cc1ccccc1OCCCCCC(=O)O. The van der Waals surface area contributed by atoms with Crippen molar-refractivity contribution in [3.8, 4) is 85.5 Å². The fraction of sp³-hybridized carbons (Fsp3) is 0.266. The van der Waals surface area contributed by atoms with Crippen LogP contribution in [0.3, 0.4) is 0 Å². The molecule has 12 rings (SSSR count). The molecule has 7 aromatic heterocycles. The Balaban J connectivity index is 0.000000161. The predicted octanol–water partition coefficient (Wildman–Crippen LogP) is 17.4. The minimum Gasteiger partial charge on any atom is -0.493 e. The normalized spacial score (nSPS) is 10.9. The molecule has 0 radical (unpaired) electrons. The van der Waals surface area contributed by atoms with E-state index in [1.165, 1.54) is 0 Å². The number of carboxylic acid groups (broad SMARTS) is 3. The maximum atomic E-state index is 10.6. The molecule has 99 heavy (non-hydrogen) atoms. The van der Waals surface area contributed by atoms with Gasteiger partial charge in [-0.05, 0) is 145 Å². The van der Waals surface area contributed by atoms with E-state index in [1.807, 2.05) is 179 Å². The minimum absolute atomic E-state index is 0.203. The number of benzene rings is 5. The fourth-order valence-corrected chi connectivity index (χ4v) is 11.2. The van der Waals surface area contributed by atoms with Gasteiger partial charge < -0.3 is 56.5 Å². The highest BCUT2D eigenvalue weighted by molar-refractivity contribution is 5.68. The van der Waals surface area contributed by atoms with Gasteiger partial charge in [-0.1, -0.05) is 103 Å². The summed E-state index contributed by atoms with van der Waals surface area (Å²) in [7, 11) is 0. The van der Waals surface area contributed by atoms with E-state index in [0.717, 1.165) is 158 Å². The van der Waals surface area contributed by atoms with E-state index >= 15 is 0 Å². The van der Waals surface area contributed by atoms with Crippen LogP contribution in [0.2, 0.25) is 0 Å². The van der Waals surface area contributed by atoms with E-state index in [0.29, 0.717) is 58.7 Å². The van der Waals surface area contributed by atoms with Crippen LogP contribution in [0.25, 0.3) is 68.3 Å². The average Bonchev–Trinajstić information content (AvgIpc) is 1.73. The Labute approximate surface area is 575 Å². The number of pyridine rings is 1. The van der Waals surface area contributed by atoms with Gasteiger partial charge in [0.1, 0.15) is 51.9 Å². The molecule has 5 aromatic carbocycles. The van der Waals surface area contributed by atoms with Gasteiger partial charge in [-0.15, -0.1) is 10.2 Å². The zero-order valence-corrected chi connectivity index (χ0v) is 56.0. The van der Waals surface area contributed by atoms with E-state index in [4.69, 9.17) is 52.7 Å². The van der Waals surface area contributed by atoms with Crippen molar-refractivity contribution in [3.63, 3.8) is 0 Å². The minimum atomic E-state index is -0.753. The van der Waals surface area contributed by atoms with E-state index in [2.05, 4.69) is 53.3 Å². The van der Waals surface area contributed by atoms with E-state index in [9.17, 15) is 14.4 Å². The second-order valence-electron chi connectivity index (χ2n) is 23.8. The van der Waals surface area contributed by atoms with Crippen LogP contribution < -0.4 is 14.2 Å². The summed E-state index contributed by atoms with van der Waals surface area (Å²) in [4.78, 5) is 46.0. The predicted molar refractivity (Wildman–Crippen MR) is 377 cm³/mol. The Bertz CT molecular complexity index is 4150. The molecule has 0 fully saturated rings. The summed E-state index contributed by atoms with van der Waals surface area (Å²) < 4.78 is 40.8. The molecule has 0 spiro atoms. The number of aliphatic carboxylic acids is 3. The molecule has 0 saturated heterocycles. The number of carboxylic acids is 3. The second kappa shape index (κ2) is 36.0. The van der Waals surface area contributed by atoms with Gasteiger partial charge in [-0.3, -0.25) is 19.4 Å². The Hall–Kier alpha value is -11.5. The standard InChI is InChI=1S/C27H28N2O4.2C26H27N3O4/c1-20-18-29(27(28-20)22-14-12-21(13-15-22)24-10-7-17-33-24)19-23-8-4-5-9-25(23)32-16-6-2-3-11-26(30)31;1-19-27-28-26(21-14-12-20(13-15-21)23-10-7-17-33-23)29(19)18-22-8-4-5-9-24(22)32-16-6-2-3-11-25(30)31;1-19-17-29(26(28-19)22-13-12-20(16-27-22)23-10-7-15-33-23)18-21-8-4-5-9-24(21)32-14-6-2-3-11-25(30)31/h4-5,7-10,12-15,17-18H,2-3,6,11,16,19H2,1H3,(H,30,31);4-5,7-10,12-15,17H,2-3,6,11,16,18H2,1H3,(H,30,31);4-5,7-10,12-13,15-17H,2-3,6,11,14,18H2,1H3,(H,30,31). The Kier molecular flexibility index (Phi) is 25.5. The van der Waals surface area contributed by atoms with Crippen LogP contribution in [-0.4, -0.2) is 91.9 Å². The third kappa shape index (κ3) is 20.7. The first-order chi connectivity index (χ1) is 48.3. The van der Waals surface area contributed by atoms with Crippen LogP contribution in [-0.2, 0) is 34.0 Å². The summed E-state index contributed by atoms with van der Waals surface area (Å²) in [6.45, 7) is 9.43. The monoisotopic (exact) mass is 1330 g/mol. The van der Waals surface area contributed by atoms with Gasteiger partial charge >= 0.3 is 17.9 Å². The molecule has 0 atom stereocenters. The lowest BCUT2D eigenvalue weighted by atomic mass is 10.1. The number of carbonyl (C=O) groups is 3. The number of imidazole rings is 2. The molecule has 20 nitrogen and oxygen atoms in total. The first-order valence-corrected chi connectivity index (χ1v) is 33.4. The highest BCUT2D eigenvalue weighted by Gasteiger charge is 2.18. The van der Waals surface area contributed by atoms with Crippen LogP contribution >= 0.6 is 0 Å². The first kappa shape index (κ1) is 70.3. The maximum absolute atomic E-state index is 10.6. The van der Waals surface area contributed by atoms with Gasteiger partial charge in [-0.25, -0.2) is 9.97 Å². The number of ether oxygens (including phenoxy) is 3. The van der Waals surface area contributed by atoms with Crippen molar-refractivity contribution in [2.75, 3.05) is 19.8 Å². The highest BCUT2D eigenvalue weighted by atomic mass is 16.5. The van der Waals surface area contributed by atoms with Crippen molar-refractivity contribution in [2.24, 2.45) is 0 Å². The van der Waals surface area contributed by atoms with Gasteiger partial charge in [0, 0.05) is 82.4 Å². The summed E-state index contributed by atoms with van der Waals surface area (Å²) in [6, 6.07) is 55.6. The third-order valence-electron chi connectivity index (χ3n) is 16.2. The van der Waals surface area contributed by atoms with Crippen LogP contribution in [0.5, 0.6) is 17.2 Å². The lowest BCUT2D eigenvalue weighted by Crippen LogP contribution is -2.07. The molecule has 510 valence electrons. The number of aromatic nitrogens is 8. The zero-order valence-electron chi connectivity index (χ0n) is 56.0. The van der Waals surface area contributed by atoms with Crippen molar-refractivity contribution in [2.45, 2.75) is 117 Å². The second-order valence-corrected chi connectivity index (χ2v) is 23.8. The first-order valence-electron chi connectivity index (χ1n) is 33.4. The van der Waals surface area contributed by atoms with E-state index in [-0.39, 0.29) is 19.3 Å². The number of para-hydroxylation sites is 3. The fourth-order valence-electron chi connectivity index (χ4n) is 11.2. The Morgan fingerprint density at radius 1 is 0.394 bits per heavy atom. The largest absolute Gasteiger partial charge is 0.493 e. The number of furan rings is 3. The molecule has 20 heteroatoms. The molecule has 0 amide bonds. The smallest absolute Gasteiger partial charge is 0.303 e. The lowest BCUT2D eigenvalue weighted by molar-refractivity contribution is -0.138. The summed E-state index contributed by atoms with van der Waals surface area (Å²) in [6.07, 6.45) is 18.5. The van der Waals surface area contributed by atoms with Gasteiger partial charge in [-0.2, -0.15) is 0 Å². The van der Waals surface area contributed by atoms with Crippen LogP contribution in [0, 0.1) is 20.8 Å². The molecular formula is C79H82N8O12. The van der Waals surface area contributed by atoms with Crippen molar-refractivity contribution >= 4 is 17.9 Å². The number of aryl methyl sites for hydroxylation is 3. The van der Waals surface area contributed by atoms with Gasteiger partial charge in [0.2, 0.25) is 0 Å². The molecule has 0 aliphatic rings. The lowest BCUT2D eigenvalue weighted by Gasteiger charge is -2.14. The van der Waals surface area contributed by atoms with Gasteiger partial charge in [0.25, 0.3) is 0 Å². The van der Waals surface area contributed by atoms with Gasteiger partial charge in [0.05, 0.1) is 69.6 Å². The summed E-state index contributed by atoms with van der Waals surface area (Å²) in [5, 5.41) is 34.9. The third-order valence-corrected chi connectivity index (χ3v) is 16.2. The van der Waals surface area contributed by atoms with E-state index < -0.39 is 17.9 Å². The number of hydrogen-bond acceptors (Lipinski definition) is 14. The quantitative estimate of drug-likeness (QED) is 0.0323. The number of unbranched alkanes of at least 4 members (excludes halogenated alkanes) is 6. The van der Waals surface area contributed by atoms with Crippen LogP contribution in [0.4, 0.5) is 0 Å². The van der Waals surface area contributed by atoms with Gasteiger partial charge in [0.15, 0.2) is 11.6 Å². The molecule has 0 aliphatic carbocycles. The molecule has 0 aliphatic heterocycles. The summed E-state index contributed by atoms with van der Waals surface area (Å²) in [5.74, 6) is 6.01. The van der Waals surface area contributed by atoms with Crippen molar-refractivity contribution in [1.82, 2.24) is 38.9 Å². The zero-order chi connectivity index (χ0) is 69.1. The number of rotatable bonds is 33. The molecule has 0 unspecified atom stereocenters. The molecule has 3 N–H and O–H groups in total. The van der Waals surface area contributed by atoms with Crippen molar-refractivity contribution < 1.29 is 57.2 Å². The summed E-state index contributed by atoms with van der Waals surface area (Å²) >= 11 is 0. The molecule has 7 heterocycles. The number of nitrogens with zero attached hydrogens (tertiary/aromatic N) is 8. The Morgan fingerprint density at radius 3 is 1.19 bits per heavy atom. The molecule has 0 saturated carbocycles. The Morgan fingerprint density at radius 2 is 0.778 bits per heavy atom. The van der Waals surface area contributed by atoms with Crippen LogP contribution in [0.1, 0.15) is 111 Å². The molecule has 12 aromatic rings. The van der Waals surface area contributed by atoms with Crippen molar-refractivity contribution in [3.05, 3.63) is 241 Å².